The average Bonchev–Trinajstić information content (AvgIpc) is 3.37. The Morgan fingerprint density at radius 2 is 1.92 bits per heavy atom. The Bertz CT molecular complexity index is 1390. The van der Waals surface area contributed by atoms with Gasteiger partial charge in [-0.2, -0.15) is 0 Å². The lowest BCUT2D eigenvalue weighted by Crippen LogP contribution is -2.35. The molecule has 1 aromatic carbocycles. The molecule has 202 valence electrons. The first kappa shape index (κ1) is 27.2. The number of likely N-dealkylation sites (tertiary alicyclic amines) is 1. The second-order valence-corrected chi connectivity index (χ2v) is 9.84. The number of carbonyl (C=O) groups is 2. The quantitative estimate of drug-likeness (QED) is 0.186. The summed E-state index contributed by atoms with van der Waals surface area (Å²) in [4.78, 5) is 34.8. The summed E-state index contributed by atoms with van der Waals surface area (Å²) in [6.45, 7) is 7.26. The Labute approximate surface area is 223 Å². The van der Waals surface area contributed by atoms with Crippen molar-refractivity contribution in [2.75, 3.05) is 40.9 Å². The molecular weight excluding hydrogens is 484 g/mol. The molecule has 0 aliphatic carbocycles. The molecule has 0 radical (unpaired) electrons. The van der Waals surface area contributed by atoms with Gasteiger partial charge in [-0.05, 0) is 63.7 Å². The molecule has 0 saturated carbocycles. The fourth-order valence-corrected chi connectivity index (χ4v) is 4.74. The van der Waals surface area contributed by atoms with Gasteiger partial charge in [0.05, 0.1) is 31.0 Å². The van der Waals surface area contributed by atoms with E-state index in [1.165, 1.54) is 4.90 Å². The van der Waals surface area contributed by atoms with Gasteiger partial charge in [0.15, 0.2) is 17.3 Å². The van der Waals surface area contributed by atoms with E-state index in [1.807, 2.05) is 61.6 Å². The molecule has 0 spiro atoms. The smallest absolute Gasteiger partial charge is 0.295 e. The number of pyridine rings is 1. The summed E-state index contributed by atoms with van der Waals surface area (Å²) < 4.78 is 13.4. The number of hydrogen-bond donors (Lipinski definition) is 1. The van der Waals surface area contributed by atoms with Crippen LogP contribution >= 0.6 is 0 Å². The van der Waals surface area contributed by atoms with Crippen LogP contribution in [0.25, 0.3) is 11.4 Å². The largest absolute Gasteiger partial charge is 0.505 e. The van der Waals surface area contributed by atoms with Crippen LogP contribution in [0.1, 0.15) is 48.3 Å². The van der Waals surface area contributed by atoms with Crippen molar-refractivity contribution in [3.05, 3.63) is 64.6 Å². The van der Waals surface area contributed by atoms with Crippen molar-refractivity contribution in [2.24, 2.45) is 0 Å². The number of unbranched alkanes of at least 4 members (excludes halogenated alkanes) is 1. The zero-order chi connectivity index (χ0) is 27.6. The summed E-state index contributed by atoms with van der Waals surface area (Å²) in [6, 6.07) is 8.40. The van der Waals surface area contributed by atoms with Crippen LogP contribution in [0.4, 0.5) is 0 Å². The number of aryl methyl sites for hydroxylation is 2. The van der Waals surface area contributed by atoms with E-state index >= 15 is 0 Å². The third-order valence-corrected chi connectivity index (χ3v) is 6.90. The van der Waals surface area contributed by atoms with Crippen LogP contribution in [0.2, 0.25) is 0 Å². The molecule has 9 heteroatoms. The normalized spacial score (nSPS) is 17.1. The lowest BCUT2D eigenvalue weighted by Gasteiger charge is -2.27. The number of nitrogens with zero attached hydrogens (tertiary/aromatic N) is 4. The first-order valence-corrected chi connectivity index (χ1v) is 12.9. The van der Waals surface area contributed by atoms with Gasteiger partial charge in [-0.15, -0.1) is 0 Å². The number of ether oxygens (including phenoxy) is 2. The van der Waals surface area contributed by atoms with E-state index in [-0.39, 0.29) is 17.0 Å². The Balaban J connectivity index is 1.87. The van der Waals surface area contributed by atoms with Gasteiger partial charge in [0, 0.05) is 19.3 Å². The molecule has 9 nitrogen and oxygen atoms in total. The number of ketones is 1. The van der Waals surface area contributed by atoms with Crippen molar-refractivity contribution in [1.82, 2.24) is 19.2 Å². The van der Waals surface area contributed by atoms with Crippen LogP contribution in [-0.2, 0) is 9.59 Å². The number of aromatic nitrogens is 2. The second-order valence-electron chi connectivity index (χ2n) is 9.84. The van der Waals surface area contributed by atoms with E-state index in [0.717, 1.165) is 18.4 Å². The van der Waals surface area contributed by atoms with Gasteiger partial charge in [0.25, 0.3) is 11.7 Å². The van der Waals surface area contributed by atoms with E-state index in [0.29, 0.717) is 48.1 Å². The highest BCUT2D eigenvalue weighted by atomic mass is 16.5. The molecule has 1 fully saturated rings. The van der Waals surface area contributed by atoms with Crippen LogP contribution in [0, 0.1) is 13.8 Å². The minimum atomic E-state index is -0.807. The minimum Gasteiger partial charge on any atom is -0.505 e. The highest BCUT2D eigenvalue weighted by Gasteiger charge is 2.46. The fraction of sp³-hybridized carbons (Fsp3) is 0.414. The van der Waals surface area contributed by atoms with Crippen LogP contribution < -0.4 is 9.47 Å². The Hall–Kier alpha value is -3.85. The fourth-order valence-electron chi connectivity index (χ4n) is 4.74. The predicted octanol–water partition coefficient (Wildman–Crippen LogP) is 4.12. The molecule has 0 bridgehead atoms. The summed E-state index contributed by atoms with van der Waals surface area (Å²) in [5.74, 6) is -0.596. The monoisotopic (exact) mass is 520 g/mol. The van der Waals surface area contributed by atoms with E-state index < -0.39 is 17.7 Å². The second kappa shape index (κ2) is 11.3. The number of amides is 1. The van der Waals surface area contributed by atoms with Crippen LogP contribution in [0.5, 0.6) is 11.5 Å². The van der Waals surface area contributed by atoms with Crippen molar-refractivity contribution in [3.8, 4) is 11.5 Å². The molecule has 1 saturated heterocycles. The van der Waals surface area contributed by atoms with Crippen LogP contribution in [-0.4, -0.2) is 76.9 Å². The van der Waals surface area contributed by atoms with Gasteiger partial charge in [0.1, 0.15) is 11.3 Å². The van der Waals surface area contributed by atoms with E-state index in [4.69, 9.17) is 9.47 Å². The summed E-state index contributed by atoms with van der Waals surface area (Å²) in [5, 5.41) is 11.6. The summed E-state index contributed by atoms with van der Waals surface area (Å²) in [7, 11) is 5.36. The van der Waals surface area contributed by atoms with Gasteiger partial charge in [-0.3, -0.25) is 9.59 Å². The van der Waals surface area contributed by atoms with Crippen molar-refractivity contribution in [3.63, 3.8) is 0 Å². The van der Waals surface area contributed by atoms with Crippen molar-refractivity contribution >= 4 is 23.1 Å². The topological polar surface area (TPSA) is 96.6 Å². The van der Waals surface area contributed by atoms with E-state index in [1.54, 1.807) is 19.2 Å². The number of hydrogen-bond acceptors (Lipinski definition) is 7. The third-order valence-electron chi connectivity index (χ3n) is 6.90. The first-order chi connectivity index (χ1) is 18.2. The maximum atomic E-state index is 13.4. The number of likely N-dealkylation sites (N-methyl/N-ethyl adjacent to an activating group) is 1. The Morgan fingerprint density at radius 1 is 1.16 bits per heavy atom. The molecule has 3 aromatic rings. The molecule has 1 atom stereocenters. The van der Waals surface area contributed by atoms with Gasteiger partial charge >= 0.3 is 0 Å². The number of Topliss-reactive ketones (excluding diaryl/α,β-unsaturated/α-hetero) is 1. The molecule has 1 aliphatic heterocycles. The third kappa shape index (κ3) is 4.98. The molecule has 1 N–H and O–H groups in total. The maximum Gasteiger partial charge on any atom is 0.295 e. The van der Waals surface area contributed by atoms with E-state index in [2.05, 4.69) is 11.9 Å². The molecule has 4 rings (SSSR count). The summed E-state index contributed by atoms with van der Waals surface area (Å²) in [6.07, 6.45) is 3.77. The molecular formula is C29H36N4O5. The number of rotatable bonds is 10. The standard InChI is InChI=1S/C29H36N4O5/c1-7-8-16-38-21-12-11-20(17-22(21)37-6)25-23(27(35)29(36)33(25)15-14-31(4)5)26(34)24-19(3)32-13-9-10-18(2)28(32)30-24/h9-13,17,25,34H,7-8,14-16H2,1-6H3. The van der Waals surface area contributed by atoms with Gasteiger partial charge in [0.2, 0.25) is 0 Å². The lowest BCUT2D eigenvalue weighted by molar-refractivity contribution is -0.140. The zero-order valence-corrected chi connectivity index (χ0v) is 22.9. The molecule has 1 amide bonds. The first-order valence-electron chi connectivity index (χ1n) is 12.9. The van der Waals surface area contributed by atoms with Crippen molar-refractivity contribution in [1.29, 1.82) is 0 Å². The molecule has 38 heavy (non-hydrogen) atoms. The zero-order valence-electron chi connectivity index (χ0n) is 22.9. The maximum absolute atomic E-state index is 13.4. The molecule has 3 heterocycles. The SMILES string of the molecule is CCCCOc1ccc(C2C(=C(O)c3nc4c(C)cccn4c3C)C(=O)C(=O)N2CCN(C)C)cc1OC. The lowest BCUT2D eigenvalue weighted by atomic mass is 9.96. The van der Waals surface area contributed by atoms with Crippen LogP contribution in [0.3, 0.4) is 0 Å². The molecule has 2 aromatic heterocycles. The number of carbonyl (C=O) groups excluding carboxylic acids is 2. The van der Waals surface area contributed by atoms with Crippen LogP contribution in [0.15, 0.2) is 42.1 Å². The number of benzene rings is 1. The van der Waals surface area contributed by atoms with Gasteiger partial charge < -0.3 is 28.8 Å². The number of aliphatic hydroxyl groups excluding tert-OH is 1. The number of imidazole rings is 1. The Kier molecular flexibility index (Phi) is 8.06. The highest BCUT2D eigenvalue weighted by molar-refractivity contribution is 6.46. The predicted molar refractivity (Wildman–Crippen MR) is 146 cm³/mol. The highest BCUT2D eigenvalue weighted by Crippen LogP contribution is 2.42. The molecule has 1 aliphatic rings. The van der Waals surface area contributed by atoms with Gasteiger partial charge in [-0.1, -0.05) is 25.5 Å². The van der Waals surface area contributed by atoms with E-state index in [9.17, 15) is 14.7 Å². The van der Waals surface area contributed by atoms with Crippen molar-refractivity contribution < 1.29 is 24.2 Å². The van der Waals surface area contributed by atoms with Crippen molar-refractivity contribution in [2.45, 2.75) is 39.7 Å². The number of aliphatic hydroxyl groups is 1. The number of methoxy groups -OCH3 is 1. The van der Waals surface area contributed by atoms with Gasteiger partial charge in [-0.25, -0.2) is 4.98 Å². The average molecular weight is 521 g/mol. The Morgan fingerprint density at radius 3 is 2.58 bits per heavy atom. The molecule has 1 unspecified atom stereocenters. The number of fused-ring (bicyclic) bond motifs is 1. The minimum absolute atomic E-state index is 0.0135. The summed E-state index contributed by atoms with van der Waals surface area (Å²) >= 11 is 0. The summed E-state index contributed by atoms with van der Waals surface area (Å²) in [5.41, 5.74) is 3.22.